The number of aryl methyl sites for hydroxylation is 2. The molecule has 0 unspecified atom stereocenters. The molecule has 2 aromatic carbocycles. The summed E-state index contributed by atoms with van der Waals surface area (Å²) in [5, 5.41) is 13.3. The van der Waals surface area contributed by atoms with Crippen molar-refractivity contribution in [2.75, 3.05) is 11.9 Å². The molecule has 5 rings (SSSR count). The van der Waals surface area contributed by atoms with Crippen LogP contribution in [-0.4, -0.2) is 12.5 Å². The number of carbonyl (C=O) groups excluding carboxylic acids is 1. The predicted octanol–water partition coefficient (Wildman–Crippen LogP) is 5.60. The van der Waals surface area contributed by atoms with Crippen LogP contribution in [0, 0.1) is 18.3 Å². The van der Waals surface area contributed by atoms with Crippen molar-refractivity contribution in [3.05, 3.63) is 80.3 Å². The third-order valence-electron chi connectivity index (χ3n) is 5.94. The van der Waals surface area contributed by atoms with Gasteiger partial charge in [-0.15, -0.1) is 11.3 Å². The van der Waals surface area contributed by atoms with Gasteiger partial charge in [-0.05, 0) is 56.4 Å². The predicted molar refractivity (Wildman–Crippen MR) is 132 cm³/mol. The highest BCUT2D eigenvalue weighted by molar-refractivity contribution is 7.16. The van der Waals surface area contributed by atoms with Gasteiger partial charge in [0.05, 0.1) is 10.9 Å². The third-order valence-corrected chi connectivity index (χ3v) is 7.15. The first-order chi connectivity index (χ1) is 16.5. The smallest absolute Gasteiger partial charge is 0.262 e. The van der Waals surface area contributed by atoms with Crippen LogP contribution in [0.2, 0.25) is 0 Å². The maximum absolute atomic E-state index is 12.7. The number of anilines is 1. The summed E-state index contributed by atoms with van der Waals surface area (Å²) in [7, 11) is 0. The molecule has 0 spiro atoms. The van der Waals surface area contributed by atoms with E-state index in [1.54, 1.807) is 18.2 Å². The Balaban J connectivity index is 1.30. The molecule has 1 aliphatic rings. The van der Waals surface area contributed by atoms with Gasteiger partial charge in [0.1, 0.15) is 28.2 Å². The molecule has 7 heteroatoms. The number of nitriles is 1. The Morgan fingerprint density at radius 3 is 2.74 bits per heavy atom. The number of benzene rings is 2. The number of rotatable bonds is 5. The minimum absolute atomic E-state index is 0.186. The first kappa shape index (κ1) is 21.9. The first-order valence-corrected chi connectivity index (χ1v) is 12.0. The van der Waals surface area contributed by atoms with Crippen LogP contribution in [0.15, 0.2) is 57.7 Å². The van der Waals surface area contributed by atoms with Gasteiger partial charge < -0.3 is 14.5 Å². The van der Waals surface area contributed by atoms with Crippen molar-refractivity contribution in [2.45, 2.75) is 32.6 Å². The van der Waals surface area contributed by atoms with Crippen molar-refractivity contribution in [1.29, 1.82) is 5.26 Å². The Kier molecular flexibility index (Phi) is 5.91. The zero-order valence-corrected chi connectivity index (χ0v) is 19.5. The monoisotopic (exact) mass is 470 g/mol. The van der Waals surface area contributed by atoms with Crippen molar-refractivity contribution in [1.82, 2.24) is 0 Å². The fourth-order valence-corrected chi connectivity index (χ4v) is 5.42. The maximum Gasteiger partial charge on any atom is 0.262 e. The molecule has 2 aromatic heterocycles. The number of hydrogen-bond acceptors (Lipinski definition) is 6. The van der Waals surface area contributed by atoms with Crippen LogP contribution in [-0.2, 0) is 17.6 Å². The van der Waals surface area contributed by atoms with E-state index in [9.17, 15) is 14.9 Å². The molecule has 6 nitrogen and oxygen atoms in total. The van der Waals surface area contributed by atoms with Crippen molar-refractivity contribution in [2.24, 2.45) is 0 Å². The van der Waals surface area contributed by atoms with E-state index in [4.69, 9.17) is 9.15 Å². The summed E-state index contributed by atoms with van der Waals surface area (Å²) in [6.07, 6.45) is 4.01. The number of amides is 1. The van der Waals surface area contributed by atoms with Crippen LogP contribution < -0.4 is 15.5 Å². The summed E-state index contributed by atoms with van der Waals surface area (Å²) in [6.45, 7) is 1.77. The van der Waals surface area contributed by atoms with Gasteiger partial charge in [-0.1, -0.05) is 29.8 Å². The van der Waals surface area contributed by atoms with E-state index in [2.05, 4.69) is 11.4 Å². The molecule has 2 heterocycles. The number of carbonyl (C=O) groups is 1. The van der Waals surface area contributed by atoms with E-state index < -0.39 is 0 Å². The number of nitrogens with zero attached hydrogens (tertiary/aromatic N) is 1. The van der Waals surface area contributed by atoms with Crippen molar-refractivity contribution in [3.63, 3.8) is 0 Å². The number of hydrogen-bond donors (Lipinski definition) is 1. The minimum atomic E-state index is -0.350. The Morgan fingerprint density at radius 2 is 1.94 bits per heavy atom. The molecule has 0 radical (unpaired) electrons. The molecule has 0 fully saturated rings. The van der Waals surface area contributed by atoms with Crippen molar-refractivity contribution in [3.8, 4) is 23.1 Å². The summed E-state index contributed by atoms with van der Waals surface area (Å²) < 4.78 is 11.6. The second-order valence-electron chi connectivity index (χ2n) is 8.36. The minimum Gasteiger partial charge on any atom is -0.484 e. The molecular formula is C27H22N2O4S. The van der Waals surface area contributed by atoms with E-state index in [1.165, 1.54) is 22.3 Å². The standard InChI is InChI=1S/C27H22N2O4S/c1-16-6-8-17(9-7-16)24-13-22(30)20-12-18(10-11-23(20)33-24)32-15-26(31)29-27-21(14-28)19-4-2-3-5-25(19)34-27/h6-13H,2-5,15H2,1H3,(H,29,31). The summed E-state index contributed by atoms with van der Waals surface area (Å²) in [4.78, 5) is 26.4. The number of ether oxygens (including phenoxy) is 1. The number of nitrogens with one attached hydrogen (secondary N) is 1. The molecule has 0 atom stereocenters. The zero-order valence-electron chi connectivity index (χ0n) is 18.6. The van der Waals surface area contributed by atoms with Gasteiger partial charge in [0.15, 0.2) is 12.0 Å². The van der Waals surface area contributed by atoms with Crippen molar-refractivity contribution >= 4 is 33.2 Å². The summed E-state index contributed by atoms with van der Waals surface area (Å²) >= 11 is 1.48. The highest BCUT2D eigenvalue weighted by atomic mass is 32.1. The van der Waals surface area contributed by atoms with Crippen LogP contribution in [0.25, 0.3) is 22.3 Å². The average Bonchev–Trinajstić information content (AvgIpc) is 3.20. The molecule has 0 saturated heterocycles. The Morgan fingerprint density at radius 1 is 1.15 bits per heavy atom. The molecular weight excluding hydrogens is 448 g/mol. The average molecular weight is 471 g/mol. The normalized spacial score (nSPS) is 12.7. The first-order valence-electron chi connectivity index (χ1n) is 11.1. The van der Waals surface area contributed by atoms with Crippen LogP contribution in [0.5, 0.6) is 5.75 Å². The summed E-state index contributed by atoms with van der Waals surface area (Å²) in [5.74, 6) is 0.540. The molecule has 0 aliphatic heterocycles. The zero-order chi connectivity index (χ0) is 23.7. The van der Waals surface area contributed by atoms with Crippen molar-refractivity contribution < 1.29 is 13.9 Å². The van der Waals surface area contributed by atoms with Crippen LogP contribution in [0.3, 0.4) is 0 Å². The molecule has 4 aromatic rings. The van der Waals surface area contributed by atoms with Crippen LogP contribution in [0.1, 0.15) is 34.4 Å². The van der Waals surface area contributed by atoms with Gasteiger partial charge in [0.25, 0.3) is 5.91 Å². The Bertz CT molecular complexity index is 1490. The lowest BCUT2D eigenvalue weighted by atomic mass is 9.96. The van der Waals surface area contributed by atoms with E-state index in [1.807, 2.05) is 31.2 Å². The highest BCUT2D eigenvalue weighted by Crippen LogP contribution is 2.37. The van der Waals surface area contributed by atoms with Crippen LogP contribution in [0.4, 0.5) is 5.00 Å². The molecule has 170 valence electrons. The molecule has 0 saturated carbocycles. The molecule has 1 amide bonds. The van der Waals surface area contributed by atoms with E-state index >= 15 is 0 Å². The van der Waals surface area contributed by atoms with E-state index in [0.717, 1.165) is 42.4 Å². The maximum atomic E-state index is 12.7. The van der Waals surface area contributed by atoms with Gasteiger partial charge in [-0.3, -0.25) is 9.59 Å². The summed E-state index contributed by atoms with van der Waals surface area (Å²) in [5.41, 5.74) is 3.85. The second kappa shape index (κ2) is 9.16. The molecule has 34 heavy (non-hydrogen) atoms. The lowest BCUT2D eigenvalue weighted by Gasteiger charge is -2.09. The lowest BCUT2D eigenvalue weighted by Crippen LogP contribution is -2.20. The van der Waals surface area contributed by atoms with E-state index in [0.29, 0.717) is 33.0 Å². The fourth-order valence-electron chi connectivity index (χ4n) is 4.17. The Labute approximate surface area is 200 Å². The lowest BCUT2D eigenvalue weighted by molar-refractivity contribution is -0.118. The largest absolute Gasteiger partial charge is 0.484 e. The third kappa shape index (κ3) is 4.33. The molecule has 0 bridgehead atoms. The van der Waals surface area contributed by atoms with Gasteiger partial charge in [0.2, 0.25) is 0 Å². The summed E-state index contributed by atoms with van der Waals surface area (Å²) in [6, 6.07) is 16.4. The number of thiophene rings is 1. The fraction of sp³-hybridized carbons (Fsp3) is 0.222. The Hall–Kier alpha value is -3.89. The van der Waals surface area contributed by atoms with Gasteiger partial charge in [-0.2, -0.15) is 5.26 Å². The van der Waals surface area contributed by atoms with Gasteiger partial charge in [-0.25, -0.2) is 0 Å². The number of fused-ring (bicyclic) bond motifs is 2. The van der Waals surface area contributed by atoms with Crippen LogP contribution >= 0.6 is 11.3 Å². The second-order valence-corrected chi connectivity index (χ2v) is 9.47. The van der Waals surface area contributed by atoms with E-state index in [-0.39, 0.29) is 17.9 Å². The van der Waals surface area contributed by atoms with Gasteiger partial charge in [0, 0.05) is 16.5 Å². The molecule has 1 N–H and O–H groups in total. The molecule has 1 aliphatic carbocycles. The van der Waals surface area contributed by atoms with Gasteiger partial charge >= 0.3 is 0 Å². The highest BCUT2D eigenvalue weighted by Gasteiger charge is 2.22. The quantitative estimate of drug-likeness (QED) is 0.410. The topological polar surface area (TPSA) is 92.3 Å². The SMILES string of the molecule is Cc1ccc(-c2cc(=O)c3cc(OCC(=O)Nc4sc5c(c4C#N)CCCC5)ccc3o2)cc1.